The third-order valence-corrected chi connectivity index (χ3v) is 3.66. The molecule has 0 aromatic carbocycles. The first-order valence-electron chi connectivity index (χ1n) is 7.76. The molecule has 0 fully saturated rings. The maximum absolute atomic E-state index is 5.81. The van der Waals surface area contributed by atoms with E-state index in [9.17, 15) is 0 Å². The Labute approximate surface area is 126 Å². The summed E-state index contributed by atoms with van der Waals surface area (Å²) in [6, 6.07) is 2.17. The lowest BCUT2D eigenvalue weighted by molar-refractivity contribution is 0.0641. The first-order valence-corrected chi connectivity index (χ1v) is 7.76. The molecule has 2 rings (SSSR count). The monoisotopic (exact) mass is 294 g/mol. The predicted molar refractivity (Wildman–Crippen MR) is 81.6 cm³/mol. The minimum absolute atomic E-state index is 0.472. The van der Waals surface area contributed by atoms with E-state index in [1.807, 2.05) is 0 Å². The Morgan fingerprint density at radius 1 is 1.14 bits per heavy atom. The minimum atomic E-state index is 0.472. The van der Waals surface area contributed by atoms with Gasteiger partial charge in [0.15, 0.2) is 0 Å². The number of nitrogens with zero attached hydrogens (tertiary/aromatic N) is 1. The van der Waals surface area contributed by atoms with E-state index in [1.165, 1.54) is 24.1 Å². The average Bonchev–Trinajstić information content (AvgIpc) is 2.53. The number of hydrogen-bond donors (Lipinski definition) is 1. The van der Waals surface area contributed by atoms with Crippen LogP contribution in [0.4, 0.5) is 0 Å². The smallest absolute Gasteiger partial charge is 0.218 e. The van der Waals surface area contributed by atoms with Gasteiger partial charge in [-0.2, -0.15) is 0 Å². The highest BCUT2D eigenvalue weighted by Crippen LogP contribution is 2.25. The Bertz CT molecular complexity index is 438. The van der Waals surface area contributed by atoms with Crippen molar-refractivity contribution < 1.29 is 14.2 Å². The lowest BCUT2D eigenvalue weighted by Gasteiger charge is -2.18. The Morgan fingerprint density at radius 3 is 2.81 bits per heavy atom. The molecule has 1 aromatic heterocycles. The van der Waals surface area contributed by atoms with E-state index in [0.717, 1.165) is 24.8 Å². The molecule has 21 heavy (non-hydrogen) atoms. The van der Waals surface area contributed by atoms with Gasteiger partial charge in [-0.25, -0.2) is 4.98 Å². The fraction of sp³-hybridized carbons (Fsp3) is 0.688. The fourth-order valence-electron chi connectivity index (χ4n) is 2.51. The Hall–Kier alpha value is -1.17. The Kier molecular flexibility index (Phi) is 6.92. The van der Waals surface area contributed by atoms with E-state index in [-0.39, 0.29) is 0 Å². The highest BCUT2D eigenvalue weighted by atomic mass is 16.5. The molecule has 1 aliphatic carbocycles. The predicted octanol–water partition coefficient (Wildman–Crippen LogP) is 1.85. The van der Waals surface area contributed by atoms with Crippen LogP contribution < -0.4 is 10.5 Å². The third-order valence-electron chi connectivity index (χ3n) is 3.66. The van der Waals surface area contributed by atoms with Crippen LogP contribution >= 0.6 is 0 Å². The van der Waals surface area contributed by atoms with Crippen molar-refractivity contribution in [3.63, 3.8) is 0 Å². The number of pyridine rings is 1. The SMILES string of the molecule is COCCOCCCOc1nc2c(cc1CN)CCCC2. The van der Waals surface area contributed by atoms with Crippen molar-refractivity contribution in [1.29, 1.82) is 0 Å². The summed E-state index contributed by atoms with van der Waals surface area (Å²) in [4.78, 5) is 4.67. The molecule has 1 aliphatic rings. The van der Waals surface area contributed by atoms with Crippen LogP contribution in [0.1, 0.15) is 36.1 Å². The van der Waals surface area contributed by atoms with E-state index in [0.29, 0.717) is 38.9 Å². The van der Waals surface area contributed by atoms with Crippen molar-refractivity contribution in [2.45, 2.75) is 38.6 Å². The molecule has 0 unspecified atom stereocenters. The van der Waals surface area contributed by atoms with E-state index >= 15 is 0 Å². The number of rotatable bonds is 9. The van der Waals surface area contributed by atoms with Crippen molar-refractivity contribution in [2.75, 3.05) is 33.5 Å². The van der Waals surface area contributed by atoms with Gasteiger partial charge in [-0.05, 0) is 37.3 Å². The molecule has 5 nitrogen and oxygen atoms in total. The quantitative estimate of drug-likeness (QED) is 0.704. The number of aromatic nitrogens is 1. The van der Waals surface area contributed by atoms with Crippen molar-refractivity contribution in [3.8, 4) is 5.88 Å². The van der Waals surface area contributed by atoms with Gasteiger partial charge < -0.3 is 19.9 Å². The molecule has 0 radical (unpaired) electrons. The van der Waals surface area contributed by atoms with Gasteiger partial charge >= 0.3 is 0 Å². The van der Waals surface area contributed by atoms with Gasteiger partial charge in [0, 0.05) is 37.9 Å². The summed E-state index contributed by atoms with van der Waals surface area (Å²) in [6.45, 7) is 3.00. The topological polar surface area (TPSA) is 66.6 Å². The molecule has 2 N–H and O–H groups in total. The zero-order chi connectivity index (χ0) is 14.9. The molecule has 118 valence electrons. The first-order chi connectivity index (χ1) is 10.3. The molecular formula is C16H26N2O3. The second-order valence-corrected chi connectivity index (χ2v) is 5.28. The second-order valence-electron chi connectivity index (χ2n) is 5.28. The summed E-state index contributed by atoms with van der Waals surface area (Å²) in [5, 5.41) is 0. The van der Waals surface area contributed by atoms with Gasteiger partial charge in [-0.1, -0.05) is 0 Å². The van der Waals surface area contributed by atoms with Gasteiger partial charge in [0.05, 0.1) is 19.8 Å². The molecule has 0 bridgehead atoms. The lowest BCUT2D eigenvalue weighted by atomic mass is 9.95. The number of nitrogens with two attached hydrogens (primary N) is 1. The largest absolute Gasteiger partial charge is 0.477 e. The van der Waals surface area contributed by atoms with Crippen LogP contribution in [0.2, 0.25) is 0 Å². The highest BCUT2D eigenvalue weighted by Gasteiger charge is 2.15. The normalized spacial score (nSPS) is 14.0. The second kappa shape index (κ2) is 8.97. The fourth-order valence-corrected chi connectivity index (χ4v) is 2.51. The maximum atomic E-state index is 5.81. The molecule has 0 amide bonds. The van der Waals surface area contributed by atoms with E-state index in [2.05, 4.69) is 11.1 Å². The molecular weight excluding hydrogens is 268 g/mol. The Balaban J connectivity index is 1.81. The number of fused-ring (bicyclic) bond motifs is 1. The van der Waals surface area contributed by atoms with Crippen LogP contribution in [0.15, 0.2) is 6.07 Å². The van der Waals surface area contributed by atoms with Gasteiger partial charge in [0.2, 0.25) is 5.88 Å². The summed E-state index contributed by atoms with van der Waals surface area (Å²) in [7, 11) is 1.67. The molecule has 1 heterocycles. The molecule has 0 saturated carbocycles. The van der Waals surface area contributed by atoms with Gasteiger partial charge in [-0.3, -0.25) is 0 Å². The van der Waals surface area contributed by atoms with Gasteiger partial charge in [-0.15, -0.1) is 0 Å². The van der Waals surface area contributed by atoms with Crippen LogP contribution in [-0.2, 0) is 28.9 Å². The number of ether oxygens (including phenoxy) is 3. The molecule has 1 aromatic rings. The summed E-state index contributed by atoms with van der Waals surface area (Å²) in [6.07, 6.45) is 5.47. The number of hydrogen-bond acceptors (Lipinski definition) is 5. The van der Waals surface area contributed by atoms with Crippen molar-refractivity contribution in [2.24, 2.45) is 5.73 Å². The van der Waals surface area contributed by atoms with E-state index < -0.39 is 0 Å². The molecule has 0 spiro atoms. The summed E-state index contributed by atoms with van der Waals surface area (Å²) in [5.41, 5.74) is 9.35. The summed E-state index contributed by atoms with van der Waals surface area (Å²) < 4.78 is 16.1. The minimum Gasteiger partial charge on any atom is -0.477 e. The van der Waals surface area contributed by atoms with Gasteiger partial charge in [0.1, 0.15) is 0 Å². The lowest BCUT2D eigenvalue weighted by Crippen LogP contribution is -2.13. The van der Waals surface area contributed by atoms with Crippen molar-refractivity contribution in [3.05, 3.63) is 22.9 Å². The molecule has 0 saturated heterocycles. The molecule has 0 aliphatic heterocycles. The van der Waals surface area contributed by atoms with E-state index in [4.69, 9.17) is 19.9 Å². The third kappa shape index (κ3) is 4.95. The van der Waals surface area contributed by atoms with Crippen LogP contribution in [0.3, 0.4) is 0 Å². The molecule has 0 atom stereocenters. The zero-order valence-corrected chi connectivity index (χ0v) is 12.9. The van der Waals surface area contributed by atoms with Gasteiger partial charge in [0.25, 0.3) is 0 Å². The van der Waals surface area contributed by atoms with Crippen molar-refractivity contribution in [1.82, 2.24) is 4.98 Å². The van der Waals surface area contributed by atoms with Crippen LogP contribution in [0.5, 0.6) is 5.88 Å². The molecule has 5 heteroatoms. The number of aryl methyl sites for hydroxylation is 2. The first kappa shape index (κ1) is 16.2. The zero-order valence-electron chi connectivity index (χ0n) is 12.9. The highest BCUT2D eigenvalue weighted by molar-refractivity contribution is 5.35. The number of methoxy groups -OCH3 is 1. The average molecular weight is 294 g/mol. The van der Waals surface area contributed by atoms with Crippen LogP contribution in [-0.4, -0.2) is 38.5 Å². The standard InChI is InChI=1S/C16H26N2O3/c1-19-9-10-20-7-4-8-21-16-14(12-17)11-13-5-2-3-6-15(13)18-16/h11H,2-10,12,17H2,1H3. The van der Waals surface area contributed by atoms with Crippen molar-refractivity contribution >= 4 is 0 Å². The van der Waals surface area contributed by atoms with E-state index in [1.54, 1.807) is 7.11 Å². The van der Waals surface area contributed by atoms with Crippen LogP contribution in [0.25, 0.3) is 0 Å². The maximum Gasteiger partial charge on any atom is 0.218 e. The Morgan fingerprint density at radius 2 is 2.00 bits per heavy atom. The van der Waals surface area contributed by atoms with Crippen LogP contribution in [0, 0.1) is 0 Å². The summed E-state index contributed by atoms with van der Waals surface area (Å²) >= 11 is 0. The summed E-state index contributed by atoms with van der Waals surface area (Å²) in [5.74, 6) is 0.704.